The lowest BCUT2D eigenvalue weighted by Gasteiger charge is -2.29. The number of nitriles is 1. The number of carbonyl (C=O) groups is 1. The third-order valence-corrected chi connectivity index (χ3v) is 3.10. The second-order valence-corrected chi connectivity index (χ2v) is 4.45. The predicted octanol–water partition coefficient (Wildman–Crippen LogP) is 1.69. The summed E-state index contributed by atoms with van der Waals surface area (Å²) in [6.45, 7) is 0.937. The van der Waals surface area contributed by atoms with Crippen molar-refractivity contribution in [1.29, 1.82) is 5.26 Å². The highest BCUT2D eigenvalue weighted by Gasteiger charge is 2.21. The Morgan fingerprint density at radius 2 is 2.16 bits per heavy atom. The van der Waals surface area contributed by atoms with Crippen LogP contribution in [0.25, 0.3) is 0 Å². The summed E-state index contributed by atoms with van der Waals surface area (Å²) in [6, 6.07) is 5.14. The fourth-order valence-electron chi connectivity index (χ4n) is 1.98. The van der Waals surface area contributed by atoms with Gasteiger partial charge >= 0.3 is 6.03 Å². The molecule has 1 aromatic carbocycles. The molecule has 0 spiro atoms. The van der Waals surface area contributed by atoms with E-state index in [-0.39, 0.29) is 17.7 Å². The fourth-order valence-corrected chi connectivity index (χ4v) is 1.98. The molecule has 2 rings (SSSR count). The Morgan fingerprint density at radius 3 is 2.79 bits per heavy atom. The van der Waals surface area contributed by atoms with Crippen molar-refractivity contribution in [2.45, 2.75) is 18.9 Å². The van der Waals surface area contributed by atoms with E-state index in [0.717, 1.165) is 6.07 Å². The van der Waals surface area contributed by atoms with Gasteiger partial charge in [-0.25, -0.2) is 9.18 Å². The number of carbonyl (C=O) groups excluding carboxylic acids is 1. The number of piperidine rings is 1. The first-order valence-electron chi connectivity index (χ1n) is 6.04. The third kappa shape index (κ3) is 3.20. The Morgan fingerprint density at radius 1 is 1.47 bits per heavy atom. The summed E-state index contributed by atoms with van der Waals surface area (Å²) in [4.78, 5) is 13.5. The van der Waals surface area contributed by atoms with Crippen molar-refractivity contribution < 1.29 is 14.3 Å². The Hall–Kier alpha value is -2.13. The van der Waals surface area contributed by atoms with Crippen molar-refractivity contribution in [2.75, 3.05) is 18.4 Å². The Bertz CT molecular complexity index is 519. The SMILES string of the molecule is N#Cc1cc(F)ccc1NC(=O)N1CCC(O)CC1. The summed E-state index contributed by atoms with van der Waals surface area (Å²) in [7, 11) is 0. The second kappa shape index (κ2) is 5.67. The van der Waals surface area contributed by atoms with Gasteiger partial charge in [-0.3, -0.25) is 0 Å². The normalized spacial score (nSPS) is 15.9. The van der Waals surface area contributed by atoms with Crippen LogP contribution in [0.3, 0.4) is 0 Å². The van der Waals surface area contributed by atoms with E-state index in [1.54, 1.807) is 4.90 Å². The van der Waals surface area contributed by atoms with E-state index in [2.05, 4.69) is 5.32 Å². The molecule has 0 aromatic heterocycles. The van der Waals surface area contributed by atoms with Crippen LogP contribution in [0, 0.1) is 17.1 Å². The van der Waals surface area contributed by atoms with Crippen molar-refractivity contribution >= 4 is 11.7 Å². The molecule has 0 atom stereocenters. The topological polar surface area (TPSA) is 76.4 Å². The first-order chi connectivity index (χ1) is 9.10. The zero-order valence-electron chi connectivity index (χ0n) is 10.3. The molecule has 1 aromatic rings. The first-order valence-corrected chi connectivity index (χ1v) is 6.04. The molecule has 6 heteroatoms. The molecule has 0 radical (unpaired) electrons. The number of halogens is 1. The number of nitrogens with zero attached hydrogens (tertiary/aromatic N) is 2. The molecular formula is C13H14FN3O2. The van der Waals surface area contributed by atoms with Crippen LogP contribution in [-0.4, -0.2) is 35.2 Å². The van der Waals surface area contributed by atoms with Gasteiger partial charge in [0.05, 0.1) is 17.4 Å². The highest BCUT2D eigenvalue weighted by atomic mass is 19.1. The highest BCUT2D eigenvalue weighted by molar-refractivity contribution is 5.90. The minimum absolute atomic E-state index is 0.0883. The summed E-state index contributed by atoms with van der Waals surface area (Å²) in [6.07, 6.45) is 0.730. The molecule has 0 aliphatic carbocycles. The van der Waals surface area contributed by atoms with Crippen LogP contribution in [0.15, 0.2) is 18.2 Å². The van der Waals surface area contributed by atoms with Crippen LogP contribution in [0.2, 0.25) is 0 Å². The van der Waals surface area contributed by atoms with Crippen molar-refractivity contribution in [2.24, 2.45) is 0 Å². The van der Waals surface area contributed by atoms with E-state index in [4.69, 9.17) is 5.26 Å². The van der Waals surface area contributed by atoms with Crippen molar-refractivity contribution in [3.8, 4) is 6.07 Å². The van der Waals surface area contributed by atoms with Crippen LogP contribution in [0.1, 0.15) is 18.4 Å². The lowest BCUT2D eigenvalue weighted by molar-refractivity contribution is 0.0972. The van der Waals surface area contributed by atoms with Gasteiger partial charge in [-0.1, -0.05) is 0 Å². The average Bonchev–Trinajstić information content (AvgIpc) is 2.41. The van der Waals surface area contributed by atoms with Gasteiger partial charge in [-0.15, -0.1) is 0 Å². The van der Waals surface area contributed by atoms with Gasteiger partial charge in [-0.05, 0) is 31.0 Å². The number of hydrogen-bond donors (Lipinski definition) is 2. The number of aliphatic hydroxyl groups is 1. The highest BCUT2D eigenvalue weighted by Crippen LogP contribution is 2.18. The maximum Gasteiger partial charge on any atom is 0.321 e. The fraction of sp³-hybridized carbons (Fsp3) is 0.385. The zero-order valence-corrected chi connectivity index (χ0v) is 10.3. The minimum Gasteiger partial charge on any atom is -0.393 e. The maximum absolute atomic E-state index is 13.0. The predicted molar refractivity (Wildman–Crippen MR) is 66.9 cm³/mol. The van der Waals surface area contributed by atoms with Gasteiger partial charge in [0.25, 0.3) is 0 Å². The molecule has 0 saturated carbocycles. The van der Waals surface area contributed by atoms with Gasteiger partial charge in [0.15, 0.2) is 0 Å². The second-order valence-electron chi connectivity index (χ2n) is 4.45. The number of benzene rings is 1. The van der Waals surface area contributed by atoms with E-state index in [0.29, 0.717) is 31.6 Å². The van der Waals surface area contributed by atoms with E-state index in [1.807, 2.05) is 6.07 Å². The van der Waals surface area contributed by atoms with Crippen LogP contribution in [0.5, 0.6) is 0 Å². The molecule has 1 heterocycles. The molecule has 0 unspecified atom stereocenters. The molecule has 2 N–H and O–H groups in total. The van der Waals surface area contributed by atoms with E-state index < -0.39 is 5.82 Å². The number of amides is 2. The quantitative estimate of drug-likeness (QED) is 0.809. The van der Waals surface area contributed by atoms with Gasteiger partial charge in [0, 0.05) is 13.1 Å². The molecule has 1 fully saturated rings. The smallest absolute Gasteiger partial charge is 0.321 e. The van der Waals surface area contributed by atoms with Crippen molar-refractivity contribution in [1.82, 2.24) is 4.90 Å². The van der Waals surface area contributed by atoms with Crippen LogP contribution >= 0.6 is 0 Å². The largest absolute Gasteiger partial charge is 0.393 e. The lowest BCUT2D eigenvalue weighted by Crippen LogP contribution is -2.42. The standard InChI is InChI=1S/C13H14FN3O2/c14-10-1-2-12(9(7-10)8-15)16-13(19)17-5-3-11(18)4-6-17/h1-2,7,11,18H,3-6H2,(H,16,19). The van der Waals surface area contributed by atoms with Gasteiger partial charge in [0.2, 0.25) is 0 Å². The lowest BCUT2D eigenvalue weighted by atomic mass is 10.1. The van der Waals surface area contributed by atoms with E-state index in [1.165, 1.54) is 12.1 Å². The number of likely N-dealkylation sites (tertiary alicyclic amines) is 1. The Labute approximate surface area is 110 Å². The molecule has 100 valence electrons. The molecule has 1 saturated heterocycles. The number of rotatable bonds is 1. The zero-order chi connectivity index (χ0) is 13.8. The summed E-state index contributed by atoms with van der Waals surface area (Å²) in [5.41, 5.74) is 0.380. The molecule has 0 bridgehead atoms. The number of hydrogen-bond acceptors (Lipinski definition) is 3. The Balaban J connectivity index is 2.05. The van der Waals surface area contributed by atoms with E-state index >= 15 is 0 Å². The average molecular weight is 263 g/mol. The summed E-state index contributed by atoms with van der Waals surface area (Å²) in [5.74, 6) is -0.518. The maximum atomic E-state index is 13.0. The summed E-state index contributed by atoms with van der Waals surface area (Å²) >= 11 is 0. The number of nitrogens with one attached hydrogen (secondary N) is 1. The number of aliphatic hydroxyl groups excluding tert-OH is 1. The van der Waals surface area contributed by atoms with Gasteiger partial charge in [-0.2, -0.15) is 5.26 Å². The van der Waals surface area contributed by atoms with Crippen molar-refractivity contribution in [3.63, 3.8) is 0 Å². The molecule has 1 aliphatic heterocycles. The summed E-state index contributed by atoms with van der Waals surface area (Å²) < 4.78 is 13.0. The van der Waals surface area contributed by atoms with E-state index in [9.17, 15) is 14.3 Å². The van der Waals surface area contributed by atoms with Crippen LogP contribution in [0.4, 0.5) is 14.9 Å². The Kier molecular flexibility index (Phi) is 3.97. The van der Waals surface area contributed by atoms with Crippen molar-refractivity contribution in [3.05, 3.63) is 29.6 Å². The molecule has 1 aliphatic rings. The van der Waals surface area contributed by atoms with Gasteiger partial charge in [0.1, 0.15) is 11.9 Å². The summed E-state index contributed by atoms with van der Waals surface area (Å²) in [5, 5.41) is 20.8. The molecule has 2 amide bonds. The molecule has 5 nitrogen and oxygen atoms in total. The van der Waals surface area contributed by atoms with Gasteiger partial charge < -0.3 is 15.3 Å². The molecular weight excluding hydrogens is 249 g/mol. The minimum atomic E-state index is -0.518. The third-order valence-electron chi connectivity index (χ3n) is 3.10. The van der Waals surface area contributed by atoms with Crippen LogP contribution < -0.4 is 5.32 Å². The van der Waals surface area contributed by atoms with Crippen LogP contribution in [-0.2, 0) is 0 Å². The molecule has 19 heavy (non-hydrogen) atoms. The number of urea groups is 1. The number of anilines is 1. The first kappa shape index (κ1) is 13.3. The monoisotopic (exact) mass is 263 g/mol.